The fourth-order valence-electron chi connectivity index (χ4n) is 2.48. The number of hydrogen-bond acceptors (Lipinski definition) is 3. The van der Waals surface area contributed by atoms with Gasteiger partial charge in [-0.05, 0) is 43.4 Å². The van der Waals surface area contributed by atoms with Crippen LogP contribution < -0.4 is 5.32 Å². The summed E-state index contributed by atoms with van der Waals surface area (Å²) in [6.45, 7) is 1.08. The van der Waals surface area contributed by atoms with E-state index in [0.29, 0.717) is 12.5 Å². The largest absolute Gasteiger partial charge is 0.479 e. The lowest BCUT2D eigenvalue weighted by Crippen LogP contribution is -2.26. The highest BCUT2D eigenvalue weighted by molar-refractivity contribution is 5.71. The van der Waals surface area contributed by atoms with Crippen molar-refractivity contribution in [2.45, 2.75) is 44.2 Å². The molecule has 19 heavy (non-hydrogen) atoms. The standard InChI is InChI=1S/C15H21NO3/c17-14(15(18)19)9-6-11-4-7-12(8-5-11)13-3-1-2-10-16-13/h4-5,7-8,13-14,16-17H,1-3,6,9-10H2,(H,18,19). The van der Waals surface area contributed by atoms with Gasteiger partial charge in [0.2, 0.25) is 0 Å². The third-order valence-electron chi connectivity index (χ3n) is 3.68. The SMILES string of the molecule is O=C(O)C(O)CCc1ccc(C2CCCCN2)cc1. The molecule has 0 aliphatic carbocycles. The van der Waals surface area contributed by atoms with Crippen LogP contribution in [0.5, 0.6) is 0 Å². The van der Waals surface area contributed by atoms with Crippen LogP contribution in [0.2, 0.25) is 0 Å². The van der Waals surface area contributed by atoms with E-state index in [-0.39, 0.29) is 6.42 Å². The van der Waals surface area contributed by atoms with Gasteiger partial charge in [0.15, 0.2) is 6.10 Å². The van der Waals surface area contributed by atoms with Crippen LogP contribution in [0.15, 0.2) is 24.3 Å². The predicted octanol–water partition coefficient (Wildman–Crippen LogP) is 1.88. The van der Waals surface area contributed by atoms with Crippen LogP contribution in [0.25, 0.3) is 0 Å². The van der Waals surface area contributed by atoms with Gasteiger partial charge in [-0.1, -0.05) is 30.7 Å². The lowest BCUT2D eigenvalue weighted by atomic mass is 9.96. The number of aliphatic carboxylic acids is 1. The Labute approximate surface area is 113 Å². The molecule has 0 radical (unpaired) electrons. The van der Waals surface area contributed by atoms with Gasteiger partial charge in [-0.3, -0.25) is 0 Å². The Balaban J connectivity index is 1.89. The summed E-state index contributed by atoms with van der Waals surface area (Å²) in [5.41, 5.74) is 2.36. The summed E-state index contributed by atoms with van der Waals surface area (Å²) in [7, 11) is 0. The molecule has 0 amide bonds. The number of nitrogens with one attached hydrogen (secondary N) is 1. The minimum atomic E-state index is -1.26. The summed E-state index contributed by atoms with van der Waals surface area (Å²) >= 11 is 0. The van der Waals surface area contributed by atoms with Crippen molar-refractivity contribution in [3.8, 4) is 0 Å². The molecule has 1 fully saturated rings. The monoisotopic (exact) mass is 263 g/mol. The number of hydrogen-bond donors (Lipinski definition) is 3. The number of aryl methyl sites for hydroxylation is 1. The van der Waals surface area contributed by atoms with Crippen LogP contribution in [0.4, 0.5) is 0 Å². The Morgan fingerprint density at radius 1 is 1.32 bits per heavy atom. The highest BCUT2D eigenvalue weighted by atomic mass is 16.4. The Bertz CT molecular complexity index is 410. The molecule has 2 unspecified atom stereocenters. The van der Waals surface area contributed by atoms with Crippen LogP contribution in [0.1, 0.15) is 42.9 Å². The van der Waals surface area contributed by atoms with Gasteiger partial charge in [-0.15, -0.1) is 0 Å². The lowest BCUT2D eigenvalue weighted by Gasteiger charge is -2.24. The first kappa shape index (κ1) is 14.0. The summed E-state index contributed by atoms with van der Waals surface area (Å²) in [5, 5.41) is 21.4. The molecule has 4 nitrogen and oxygen atoms in total. The normalized spacial score (nSPS) is 21.0. The fraction of sp³-hybridized carbons (Fsp3) is 0.533. The highest BCUT2D eigenvalue weighted by Gasteiger charge is 2.15. The molecule has 2 rings (SSSR count). The molecular formula is C15H21NO3. The number of piperidine rings is 1. The van der Waals surface area contributed by atoms with Crippen molar-refractivity contribution in [1.82, 2.24) is 5.32 Å². The number of benzene rings is 1. The van der Waals surface area contributed by atoms with E-state index in [9.17, 15) is 9.90 Å². The lowest BCUT2D eigenvalue weighted by molar-refractivity contribution is -0.146. The first-order chi connectivity index (χ1) is 9.16. The average Bonchev–Trinajstić information content (AvgIpc) is 2.46. The zero-order valence-electron chi connectivity index (χ0n) is 11.0. The third-order valence-corrected chi connectivity index (χ3v) is 3.68. The van der Waals surface area contributed by atoms with Crippen LogP contribution in [-0.4, -0.2) is 28.8 Å². The van der Waals surface area contributed by atoms with Gasteiger partial charge >= 0.3 is 5.97 Å². The van der Waals surface area contributed by atoms with Crippen molar-refractivity contribution >= 4 is 5.97 Å². The van der Waals surface area contributed by atoms with Crippen LogP contribution >= 0.6 is 0 Å². The van der Waals surface area contributed by atoms with Gasteiger partial charge in [0.05, 0.1) is 0 Å². The zero-order chi connectivity index (χ0) is 13.7. The molecule has 0 bridgehead atoms. The van der Waals surface area contributed by atoms with Crippen LogP contribution in [-0.2, 0) is 11.2 Å². The van der Waals surface area contributed by atoms with Gasteiger partial charge in [-0.2, -0.15) is 0 Å². The van der Waals surface area contributed by atoms with Crippen LogP contribution in [0.3, 0.4) is 0 Å². The predicted molar refractivity (Wildman–Crippen MR) is 73.0 cm³/mol. The first-order valence-electron chi connectivity index (χ1n) is 6.90. The molecule has 3 N–H and O–H groups in total. The molecule has 1 aromatic rings. The van der Waals surface area contributed by atoms with E-state index in [1.54, 1.807) is 0 Å². The van der Waals surface area contributed by atoms with Gasteiger partial charge < -0.3 is 15.5 Å². The van der Waals surface area contributed by atoms with E-state index in [4.69, 9.17) is 5.11 Å². The maximum absolute atomic E-state index is 10.5. The Hall–Kier alpha value is -1.39. The number of aliphatic hydroxyl groups excluding tert-OH is 1. The van der Waals surface area contributed by atoms with Gasteiger partial charge in [-0.25, -0.2) is 4.79 Å². The molecule has 0 saturated carbocycles. The first-order valence-corrected chi connectivity index (χ1v) is 6.90. The van der Waals surface area contributed by atoms with Crippen LogP contribution in [0, 0.1) is 0 Å². The van der Waals surface area contributed by atoms with Crippen molar-refractivity contribution in [2.24, 2.45) is 0 Å². The van der Waals surface area contributed by atoms with Crippen molar-refractivity contribution in [3.05, 3.63) is 35.4 Å². The number of rotatable bonds is 5. The van der Waals surface area contributed by atoms with E-state index in [1.807, 2.05) is 12.1 Å². The van der Waals surface area contributed by atoms with Crippen molar-refractivity contribution < 1.29 is 15.0 Å². The van der Waals surface area contributed by atoms with Gasteiger partial charge in [0, 0.05) is 6.04 Å². The minimum Gasteiger partial charge on any atom is -0.479 e. The van der Waals surface area contributed by atoms with Crippen molar-refractivity contribution in [2.75, 3.05) is 6.54 Å². The second kappa shape index (κ2) is 6.68. The Morgan fingerprint density at radius 3 is 2.63 bits per heavy atom. The van der Waals surface area contributed by atoms with Crippen molar-refractivity contribution in [3.63, 3.8) is 0 Å². The smallest absolute Gasteiger partial charge is 0.332 e. The topological polar surface area (TPSA) is 69.6 Å². The number of aliphatic hydroxyl groups is 1. The summed E-state index contributed by atoms with van der Waals surface area (Å²) in [6, 6.07) is 8.71. The molecule has 4 heteroatoms. The molecule has 2 atom stereocenters. The second-order valence-electron chi connectivity index (χ2n) is 5.14. The number of carbonyl (C=O) groups is 1. The number of carboxylic acid groups (broad SMARTS) is 1. The molecule has 1 heterocycles. The van der Waals surface area contributed by atoms with Crippen molar-refractivity contribution in [1.29, 1.82) is 0 Å². The summed E-state index contributed by atoms with van der Waals surface area (Å²) in [4.78, 5) is 10.5. The molecule has 0 aromatic heterocycles. The third kappa shape index (κ3) is 4.04. The second-order valence-corrected chi connectivity index (χ2v) is 5.14. The molecule has 1 aromatic carbocycles. The molecule has 1 aliphatic rings. The minimum absolute atomic E-state index is 0.260. The summed E-state index contributed by atoms with van der Waals surface area (Å²) < 4.78 is 0. The molecule has 104 valence electrons. The summed E-state index contributed by atoms with van der Waals surface area (Å²) in [6.07, 6.45) is 3.28. The van der Waals surface area contributed by atoms with Gasteiger partial charge in [0.25, 0.3) is 0 Å². The van der Waals surface area contributed by atoms with E-state index in [1.165, 1.54) is 24.8 Å². The van der Waals surface area contributed by atoms with E-state index >= 15 is 0 Å². The van der Waals surface area contributed by atoms with E-state index in [0.717, 1.165) is 12.1 Å². The molecule has 1 saturated heterocycles. The van der Waals surface area contributed by atoms with Gasteiger partial charge in [0.1, 0.15) is 0 Å². The Kier molecular flexibility index (Phi) is 4.93. The van der Waals surface area contributed by atoms with E-state index < -0.39 is 12.1 Å². The fourth-order valence-corrected chi connectivity index (χ4v) is 2.48. The maximum Gasteiger partial charge on any atom is 0.332 e. The molecular weight excluding hydrogens is 242 g/mol. The average molecular weight is 263 g/mol. The quantitative estimate of drug-likeness (QED) is 0.758. The number of carboxylic acids is 1. The zero-order valence-corrected chi connectivity index (χ0v) is 11.0. The van der Waals surface area contributed by atoms with E-state index in [2.05, 4.69) is 17.4 Å². The Morgan fingerprint density at radius 2 is 2.05 bits per heavy atom. The molecule has 0 spiro atoms. The highest BCUT2D eigenvalue weighted by Crippen LogP contribution is 2.23. The summed E-state index contributed by atoms with van der Waals surface area (Å²) in [5.74, 6) is -1.15. The molecule has 1 aliphatic heterocycles. The maximum atomic E-state index is 10.5.